The van der Waals surface area contributed by atoms with Crippen LogP contribution in [0.3, 0.4) is 0 Å². The molecule has 2 aromatic carbocycles. The fraction of sp³-hybridized carbons (Fsp3) is 0. The van der Waals surface area contributed by atoms with Crippen LogP contribution in [0.4, 0.5) is 5.82 Å². The molecule has 0 atom stereocenters. The number of aromatic nitrogens is 2. The Balaban J connectivity index is 2.18. The van der Waals surface area contributed by atoms with Crippen molar-refractivity contribution >= 4 is 35.4 Å². The summed E-state index contributed by atoms with van der Waals surface area (Å²) in [5, 5.41) is 9.37. The van der Waals surface area contributed by atoms with Gasteiger partial charge in [-0.1, -0.05) is 47.5 Å². The van der Waals surface area contributed by atoms with Gasteiger partial charge in [-0.05, 0) is 35.4 Å². The molecule has 0 bridgehead atoms. The fourth-order valence-electron chi connectivity index (χ4n) is 2.33. The second-order valence-corrected chi connectivity index (χ2v) is 5.76. The summed E-state index contributed by atoms with van der Waals surface area (Å²) in [6.45, 7) is 0. The predicted molar refractivity (Wildman–Crippen MR) is 95.7 cm³/mol. The highest BCUT2D eigenvalue weighted by Crippen LogP contribution is 2.36. The zero-order chi connectivity index (χ0) is 16.9. The van der Waals surface area contributed by atoms with Crippen LogP contribution in [-0.2, 0) is 4.79 Å². The number of hydrogen-bond donors (Lipinski definition) is 2. The number of hydrazine groups is 1. The molecule has 120 valence electrons. The van der Waals surface area contributed by atoms with E-state index in [1.165, 1.54) is 0 Å². The molecule has 0 aliphatic rings. The summed E-state index contributed by atoms with van der Waals surface area (Å²) >= 11 is 11.9. The third-order valence-electron chi connectivity index (χ3n) is 3.39. The fourth-order valence-corrected chi connectivity index (χ4v) is 2.58. The highest BCUT2D eigenvalue weighted by Gasteiger charge is 2.15. The van der Waals surface area contributed by atoms with Crippen molar-refractivity contribution in [3.63, 3.8) is 0 Å². The number of nitrogens with one attached hydrogen (secondary N) is 2. The molecule has 1 heterocycles. The number of nitrogens with zero attached hydrogens (tertiary/aromatic N) is 2. The molecule has 5 nitrogen and oxygen atoms in total. The topological polar surface area (TPSA) is 66.9 Å². The summed E-state index contributed by atoms with van der Waals surface area (Å²) in [7, 11) is 0. The Morgan fingerprint density at radius 1 is 0.875 bits per heavy atom. The summed E-state index contributed by atoms with van der Waals surface area (Å²) in [6.07, 6.45) is 2.20. The average Bonchev–Trinajstić information content (AvgIpc) is 2.61. The van der Waals surface area contributed by atoms with Crippen molar-refractivity contribution in [2.75, 3.05) is 5.43 Å². The molecule has 0 saturated heterocycles. The molecule has 2 N–H and O–H groups in total. The van der Waals surface area contributed by atoms with Gasteiger partial charge in [0, 0.05) is 21.2 Å². The first kappa shape index (κ1) is 16.2. The second kappa shape index (κ2) is 7.29. The molecule has 0 fully saturated rings. The Morgan fingerprint density at radius 2 is 1.46 bits per heavy atom. The maximum atomic E-state index is 10.6. The second-order valence-electron chi connectivity index (χ2n) is 4.88. The van der Waals surface area contributed by atoms with E-state index in [9.17, 15) is 4.79 Å². The third-order valence-corrected chi connectivity index (χ3v) is 3.89. The molecular formula is C17H12Cl2N4O. The molecule has 0 aliphatic carbocycles. The van der Waals surface area contributed by atoms with Gasteiger partial charge in [0.05, 0.1) is 6.20 Å². The van der Waals surface area contributed by atoms with Gasteiger partial charge in [-0.25, -0.2) is 0 Å². The van der Waals surface area contributed by atoms with Crippen molar-refractivity contribution in [1.29, 1.82) is 0 Å². The van der Waals surface area contributed by atoms with Gasteiger partial charge in [0.25, 0.3) is 0 Å². The van der Waals surface area contributed by atoms with Gasteiger partial charge in [-0.15, -0.1) is 5.10 Å². The number of anilines is 1. The van der Waals surface area contributed by atoms with Crippen LogP contribution >= 0.6 is 23.2 Å². The number of benzene rings is 2. The van der Waals surface area contributed by atoms with E-state index in [1.807, 2.05) is 24.3 Å². The number of carbonyl (C=O) groups is 1. The molecule has 1 aromatic heterocycles. The monoisotopic (exact) mass is 358 g/mol. The van der Waals surface area contributed by atoms with E-state index in [1.54, 1.807) is 30.5 Å². The molecule has 0 spiro atoms. The zero-order valence-electron chi connectivity index (χ0n) is 12.3. The lowest BCUT2D eigenvalue weighted by Crippen LogP contribution is -2.21. The highest BCUT2D eigenvalue weighted by atomic mass is 35.5. The largest absolute Gasteiger partial charge is 0.280 e. The zero-order valence-corrected chi connectivity index (χ0v) is 13.8. The van der Waals surface area contributed by atoms with Crippen molar-refractivity contribution in [3.05, 3.63) is 64.8 Å². The van der Waals surface area contributed by atoms with Gasteiger partial charge in [-0.2, -0.15) is 5.10 Å². The number of rotatable bonds is 5. The van der Waals surface area contributed by atoms with Crippen LogP contribution in [0.2, 0.25) is 10.0 Å². The molecule has 1 amide bonds. The van der Waals surface area contributed by atoms with E-state index in [0.717, 1.165) is 22.3 Å². The summed E-state index contributed by atoms with van der Waals surface area (Å²) in [6, 6.07) is 14.8. The van der Waals surface area contributed by atoms with Crippen molar-refractivity contribution in [1.82, 2.24) is 15.6 Å². The van der Waals surface area contributed by atoms with Gasteiger partial charge in [0.1, 0.15) is 0 Å². The van der Waals surface area contributed by atoms with Crippen molar-refractivity contribution in [2.24, 2.45) is 0 Å². The van der Waals surface area contributed by atoms with Crippen LogP contribution in [0.15, 0.2) is 54.7 Å². The SMILES string of the molecule is O=CNNc1nncc(-c2ccc(Cl)cc2)c1-c1ccc(Cl)cc1. The normalized spacial score (nSPS) is 10.2. The summed E-state index contributed by atoms with van der Waals surface area (Å²) in [5.74, 6) is 0.428. The summed E-state index contributed by atoms with van der Waals surface area (Å²) in [4.78, 5) is 10.6. The number of halogens is 2. The molecule has 0 aliphatic heterocycles. The van der Waals surface area contributed by atoms with E-state index in [-0.39, 0.29) is 0 Å². The van der Waals surface area contributed by atoms with Gasteiger partial charge in [0.15, 0.2) is 5.82 Å². The maximum absolute atomic E-state index is 10.6. The Kier molecular flexibility index (Phi) is 4.93. The smallest absolute Gasteiger partial charge is 0.225 e. The van der Waals surface area contributed by atoms with E-state index in [0.29, 0.717) is 22.3 Å². The highest BCUT2D eigenvalue weighted by molar-refractivity contribution is 6.31. The van der Waals surface area contributed by atoms with Gasteiger partial charge < -0.3 is 0 Å². The number of carbonyl (C=O) groups excluding carboxylic acids is 1. The predicted octanol–water partition coefficient (Wildman–Crippen LogP) is 4.19. The number of hydrogen-bond acceptors (Lipinski definition) is 4. The Hall–Kier alpha value is -2.63. The Bertz CT molecular complexity index is 851. The van der Waals surface area contributed by atoms with E-state index < -0.39 is 0 Å². The minimum Gasteiger partial charge on any atom is -0.280 e. The van der Waals surface area contributed by atoms with Crippen molar-refractivity contribution in [2.45, 2.75) is 0 Å². The van der Waals surface area contributed by atoms with E-state index >= 15 is 0 Å². The molecule has 0 unspecified atom stereocenters. The van der Waals surface area contributed by atoms with Crippen molar-refractivity contribution < 1.29 is 4.79 Å². The van der Waals surface area contributed by atoms with Crippen LogP contribution in [0.25, 0.3) is 22.3 Å². The minimum absolute atomic E-state index is 0.428. The summed E-state index contributed by atoms with van der Waals surface area (Å²) in [5.41, 5.74) is 8.59. The van der Waals surface area contributed by atoms with Crippen LogP contribution < -0.4 is 10.9 Å². The maximum Gasteiger partial charge on any atom is 0.225 e. The first-order chi connectivity index (χ1) is 11.7. The standard InChI is InChI=1S/C17H12Cl2N4O/c18-13-5-1-11(2-6-13)15-9-20-22-17(23-21-10-24)16(15)12-3-7-14(19)8-4-12/h1-10H,(H,21,24)(H,22,23). The van der Waals surface area contributed by atoms with Crippen LogP contribution in [0.5, 0.6) is 0 Å². The van der Waals surface area contributed by atoms with Crippen LogP contribution in [-0.4, -0.2) is 16.6 Å². The van der Waals surface area contributed by atoms with Gasteiger partial charge >= 0.3 is 0 Å². The third kappa shape index (κ3) is 3.48. The Labute approximate surface area is 148 Å². The lowest BCUT2D eigenvalue weighted by atomic mass is 9.97. The lowest BCUT2D eigenvalue weighted by Gasteiger charge is -2.14. The molecule has 7 heteroatoms. The van der Waals surface area contributed by atoms with Crippen molar-refractivity contribution in [3.8, 4) is 22.3 Å². The first-order valence-corrected chi connectivity index (χ1v) is 7.77. The lowest BCUT2D eigenvalue weighted by molar-refractivity contribution is -0.109. The molecule has 0 radical (unpaired) electrons. The molecular weight excluding hydrogens is 347 g/mol. The first-order valence-electron chi connectivity index (χ1n) is 7.02. The van der Waals surface area contributed by atoms with Gasteiger partial charge in [0.2, 0.25) is 6.41 Å². The van der Waals surface area contributed by atoms with Crippen LogP contribution in [0.1, 0.15) is 0 Å². The average molecular weight is 359 g/mol. The number of amides is 1. The molecule has 24 heavy (non-hydrogen) atoms. The van der Waals surface area contributed by atoms with Crippen LogP contribution in [0, 0.1) is 0 Å². The molecule has 0 saturated carbocycles. The molecule has 3 aromatic rings. The van der Waals surface area contributed by atoms with E-state index in [4.69, 9.17) is 23.2 Å². The molecule has 3 rings (SSSR count). The van der Waals surface area contributed by atoms with E-state index in [2.05, 4.69) is 21.0 Å². The summed E-state index contributed by atoms with van der Waals surface area (Å²) < 4.78 is 0. The van der Waals surface area contributed by atoms with Gasteiger partial charge in [-0.3, -0.25) is 15.6 Å². The Morgan fingerprint density at radius 3 is 2.04 bits per heavy atom. The minimum atomic E-state index is 0.428. The quantitative estimate of drug-likeness (QED) is 0.530.